The molecule has 0 aromatic heterocycles. The molecule has 0 aromatic rings. The maximum Gasteiger partial charge on any atom is 3.00 e. The van der Waals surface area contributed by atoms with Crippen molar-refractivity contribution in [3.05, 3.63) is 0 Å². The average Bonchev–Trinajstić information content (AvgIpc) is 2.69. The third-order valence-electron chi connectivity index (χ3n) is 1.72. The number of carbonyl (C=O) groups is 12. The maximum absolute atomic E-state index is 9.48. The minimum absolute atomic E-state index is 0. The summed E-state index contributed by atoms with van der Waals surface area (Å²) >= 11 is 0. The van der Waals surface area contributed by atoms with Crippen LogP contribution < -0.4 is 30.6 Å². The average molecular weight is 784 g/mol. The zero-order chi connectivity index (χ0) is 30.9. The van der Waals surface area contributed by atoms with Gasteiger partial charge in [0.15, 0.2) is 34.7 Å². The molecule has 0 aliphatic rings. The molecule has 0 bridgehead atoms. The van der Waals surface area contributed by atoms with Crippen molar-refractivity contribution in [3.8, 4) is 0 Å². The van der Waals surface area contributed by atoms with Gasteiger partial charge < -0.3 is 59.4 Å². The first-order valence-electron chi connectivity index (χ1n) is 8.17. The molecule has 0 unspecified atom stereocenters. The van der Waals surface area contributed by atoms with Gasteiger partial charge in [0.2, 0.25) is 0 Å². The summed E-state index contributed by atoms with van der Waals surface area (Å²) < 4.78 is 0. The van der Waals surface area contributed by atoms with Crippen molar-refractivity contribution in [3.63, 3.8) is 0 Å². The van der Waals surface area contributed by atoms with Crippen LogP contribution in [0.2, 0.25) is 0 Å². The van der Waals surface area contributed by atoms with Crippen LogP contribution in [-0.4, -0.2) is 70.5 Å². The fraction of sp³-hybridized carbons (Fsp3) is 0.333. The Kier molecular flexibility index (Phi) is 50.6. The topological polar surface area (TPSA) is 343 Å². The number of hydrogen-bond acceptors (Lipinski definition) is 18. The number of carboxylic acid groups (broad SMARTS) is 6. The molecule has 20 heteroatoms. The van der Waals surface area contributed by atoms with Crippen LogP contribution in [0.3, 0.4) is 0 Å². The van der Waals surface area contributed by atoms with E-state index in [9.17, 15) is 88.2 Å². The van der Waals surface area contributed by atoms with E-state index in [4.69, 9.17) is 0 Å². The first-order valence-corrected chi connectivity index (χ1v) is 8.17. The Hall–Kier alpha value is -2.54. The third kappa shape index (κ3) is 76.6. The Bertz CT molecular complexity index is 632. The second-order valence-electron chi connectivity index (χ2n) is 5.06. The van der Waals surface area contributed by atoms with E-state index in [1.54, 1.807) is 0 Å². The zero-order valence-corrected chi connectivity index (χ0v) is 24.7. The summed E-state index contributed by atoms with van der Waals surface area (Å²) in [5.41, 5.74) is 0. The smallest absolute Gasteiger partial charge is 0.542 e. The van der Waals surface area contributed by atoms with Gasteiger partial charge in [-0.2, -0.15) is 0 Å². The fourth-order valence-electron chi connectivity index (χ4n) is 0. The summed E-state index contributed by atoms with van der Waals surface area (Å²) in [6, 6.07) is 0. The molecule has 0 spiro atoms. The van der Waals surface area contributed by atoms with Crippen molar-refractivity contribution >= 4 is 70.5 Å². The minimum atomic E-state index is -1.63. The maximum atomic E-state index is 9.48. The molecular weight excluding hydrogens is 766 g/mol. The van der Waals surface area contributed by atoms with Crippen molar-refractivity contribution < 1.29 is 168 Å². The van der Waals surface area contributed by atoms with Crippen LogP contribution in [-0.2, 0) is 90.2 Å². The molecule has 0 rings (SSSR count). The van der Waals surface area contributed by atoms with Crippen LogP contribution in [0.25, 0.3) is 0 Å². The number of rotatable bonds is 6. The van der Waals surface area contributed by atoms with E-state index in [1.165, 1.54) is 0 Å². The number of carbonyl (C=O) groups excluding carboxylic acids is 12. The van der Waals surface area contributed by atoms with Crippen LogP contribution >= 0.6 is 0 Å². The molecule has 0 saturated carbocycles. The number of ketones is 6. The molecule has 0 atom stereocenters. The summed E-state index contributed by atoms with van der Waals surface area (Å²) in [5, 5.41) is 55.4. The largest absolute Gasteiger partial charge is 3.00 e. The standard InChI is InChI=1S/6C3H4O3.Y.Yb/c6*1-2(4)3(5)6;;/h6*1H3,(H,5,6);;/q;;;;;;2*+3/p-6. The van der Waals surface area contributed by atoms with Crippen molar-refractivity contribution in [2.45, 2.75) is 41.5 Å². The van der Waals surface area contributed by atoms with Gasteiger partial charge in [0.25, 0.3) is 0 Å². The predicted molar refractivity (Wildman–Crippen MR) is 94.1 cm³/mol. The van der Waals surface area contributed by atoms with Crippen LogP contribution in [0.1, 0.15) is 41.5 Å². The first-order chi connectivity index (χ1) is 15.9. The van der Waals surface area contributed by atoms with E-state index >= 15 is 0 Å². The second kappa shape index (κ2) is 34.5. The summed E-state index contributed by atoms with van der Waals surface area (Å²) in [6.45, 7) is 5.64. The van der Waals surface area contributed by atoms with Gasteiger partial charge in [-0.25, -0.2) is 0 Å². The van der Waals surface area contributed by atoms with Crippen molar-refractivity contribution in [1.82, 2.24) is 0 Å². The Morgan fingerprint density at radius 3 is 0.316 bits per heavy atom. The quantitative estimate of drug-likeness (QED) is 0.226. The molecule has 0 fully saturated rings. The van der Waals surface area contributed by atoms with Gasteiger partial charge in [-0.3, -0.25) is 28.8 Å². The number of Topliss-reactive ketones (excluding diaryl/α,β-unsaturated/α-hetero) is 6. The molecular formula is C18H18O18YYb. The van der Waals surface area contributed by atoms with E-state index in [-0.39, 0.29) is 79.6 Å². The van der Waals surface area contributed by atoms with Crippen molar-refractivity contribution in [1.29, 1.82) is 0 Å². The van der Waals surface area contributed by atoms with Gasteiger partial charge in [0.1, 0.15) is 35.8 Å². The molecule has 0 heterocycles. The van der Waals surface area contributed by atoms with Crippen LogP contribution in [0.5, 0.6) is 0 Å². The molecule has 0 N–H and O–H groups in total. The Morgan fingerprint density at radius 2 is 0.316 bits per heavy atom. The molecule has 215 valence electrons. The molecule has 1 radical (unpaired) electrons. The Labute approximate surface area is 277 Å². The van der Waals surface area contributed by atoms with Crippen molar-refractivity contribution in [2.75, 3.05) is 0 Å². The van der Waals surface area contributed by atoms with Gasteiger partial charge in [0.05, 0.1) is 0 Å². The molecule has 0 aliphatic heterocycles. The molecule has 0 saturated heterocycles. The first kappa shape index (κ1) is 55.8. The summed E-state index contributed by atoms with van der Waals surface area (Å²) in [7, 11) is 0. The third-order valence-corrected chi connectivity index (χ3v) is 1.72. The summed E-state index contributed by atoms with van der Waals surface area (Å²) in [5.74, 6) is -15.4. The zero-order valence-electron chi connectivity index (χ0n) is 20.2. The molecule has 0 aliphatic carbocycles. The fourth-order valence-corrected chi connectivity index (χ4v) is 0. The van der Waals surface area contributed by atoms with E-state index < -0.39 is 70.5 Å². The van der Waals surface area contributed by atoms with E-state index in [1.807, 2.05) is 0 Å². The van der Waals surface area contributed by atoms with Gasteiger partial charge in [-0.05, 0) is 0 Å². The van der Waals surface area contributed by atoms with E-state index in [2.05, 4.69) is 0 Å². The van der Waals surface area contributed by atoms with Gasteiger partial charge in [-0.1, -0.05) is 0 Å². The molecule has 18 nitrogen and oxygen atoms in total. The second-order valence-corrected chi connectivity index (χ2v) is 5.06. The normalized spacial score (nSPS) is 7.11. The van der Waals surface area contributed by atoms with Crippen LogP contribution in [0.4, 0.5) is 0 Å². The number of carboxylic acids is 6. The van der Waals surface area contributed by atoms with Crippen LogP contribution in [0.15, 0.2) is 0 Å². The SMILES string of the molecule is CC(=O)C(=O)[O-].CC(=O)C(=O)[O-].CC(=O)C(=O)[O-].CC(=O)C(=O)[O-].CC(=O)C(=O)[O-].CC(=O)C(=O)[O-].[Y+3].[Yb+3]. The number of aliphatic carboxylic acids is 6. The molecule has 38 heavy (non-hydrogen) atoms. The predicted octanol–water partition coefficient (Wildman–Crippen LogP) is -10.1. The monoisotopic (exact) mass is 785 g/mol. The van der Waals surface area contributed by atoms with Crippen LogP contribution in [0, 0.1) is 46.9 Å². The Balaban J connectivity index is -0.0000000469. The van der Waals surface area contributed by atoms with E-state index in [0.29, 0.717) is 0 Å². The summed E-state index contributed by atoms with van der Waals surface area (Å²) in [6.07, 6.45) is 0. The molecule has 0 aromatic carbocycles. The minimum Gasteiger partial charge on any atom is -0.542 e. The van der Waals surface area contributed by atoms with E-state index in [0.717, 1.165) is 41.5 Å². The Morgan fingerprint density at radius 1 is 0.289 bits per heavy atom. The van der Waals surface area contributed by atoms with Gasteiger partial charge in [0, 0.05) is 41.5 Å². The van der Waals surface area contributed by atoms with Gasteiger partial charge in [-0.15, -0.1) is 0 Å². The molecule has 0 amide bonds. The number of hydrogen-bond donors (Lipinski definition) is 0. The summed E-state index contributed by atoms with van der Waals surface area (Å²) in [4.78, 5) is 112. The van der Waals surface area contributed by atoms with Crippen molar-refractivity contribution in [2.24, 2.45) is 0 Å². The van der Waals surface area contributed by atoms with Gasteiger partial charge >= 0.3 is 79.6 Å².